The van der Waals surface area contributed by atoms with Crippen LogP contribution in [0.25, 0.3) is 0 Å². The summed E-state index contributed by atoms with van der Waals surface area (Å²) in [5, 5.41) is 0. The molecule has 4 atom stereocenters. The van der Waals surface area contributed by atoms with E-state index in [0.29, 0.717) is 29.9 Å². The van der Waals surface area contributed by atoms with Crippen LogP contribution in [0, 0.1) is 29.6 Å². The summed E-state index contributed by atoms with van der Waals surface area (Å²) in [6, 6.07) is 0. The van der Waals surface area contributed by atoms with Crippen molar-refractivity contribution in [1.29, 1.82) is 0 Å². The summed E-state index contributed by atoms with van der Waals surface area (Å²) in [5.74, 6) is -0.748. The van der Waals surface area contributed by atoms with Gasteiger partial charge in [0, 0.05) is 19.0 Å². The van der Waals surface area contributed by atoms with Crippen molar-refractivity contribution in [3.05, 3.63) is 23.6 Å². The van der Waals surface area contributed by atoms with Gasteiger partial charge in [-0.15, -0.1) is 0 Å². The van der Waals surface area contributed by atoms with E-state index in [0.717, 1.165) is 45.2 Å². The molecule has 5 nitrogen and oxygen atoms in total. The van der Waals surface area contributed by atoms with Crippen LogP contribution in [-0.2, 0) is 14.3 Å². The topological polar surface area (TPSA) is 55.8 Å². The highest BCUT2D eigenvalue weighted by molar-refractivity contribution is 5.88. The maximum absolute atomic E-state index is 14.4. The summed E-state index contributed by atoms with van der Waals surface area (Å²) >= 11 is 0. The molecule has 0 aromatic carbocycles. The van der Waals surface area contributed by atoms with Gasteiger partial charge in [0.2, 0.25) is 0 Å². The molecule has 1 heterocycles. The molecule has 0 aromatic rings. The molecule has 7 heteroatoms. The summed E-state index contributed by atoms with van der Waals surface area (Å²) in [4.78, 5) is 26.1. The molecule has 2 saturated carbocycles. The Morgan fingerprint density at radius 2 is 1.84 bits per heavy atom. The molecule has 3 aliphatic carbocycles. The Hall–Kier alpha value is -1.76. The second kappa shape index (κ2) is 9.24. The largest absolute Gasteiger partial charge is 0.444 e. The van der Waals surface area contributed by atoms with Crippen LogP contribution < -0.4 is 0 Å². The van der Waals surface area contributed by atoms with Gasteiger partial charge in [-0.3, -0.25) is 4.79 Å². The number of hydrogen-bond donors (Lipinski definition) is 0. The fraction of sp³-hybridized carbons (Fsp3) is 0.760. The first kappa shape index (κ1) is 23.4. The molecule has 0 radical (unpaired) electrons. The van der Waals surface area contributed by atoms with Gasteiger partial charge in [-0.25, -0.2) is 13.6 Å². The number of halogens is 2. The highest BCUT2D eigenvalue weighted by Gasteiger charge is 2.45. The quantitative estimate of drug-likeness (QED) is 0.546. The van der Waals surface area contributed by atoms with Crippen LogP contribution in [0.15, 0.2) is 23.6 Å². The lowest BCUT2D eigenvalue weighted by molar-refractivity contribution is -0.124. The molecule has 0 spiro atoms. The van der Waals surface area contributed by atoms with E-state index in [-0.39, 0.29) is 24.4 Å². The lowest BCUT2D eigenvalue weighted by atomic mass is 9.88. The molecule has 4 aliphatic rings. The third-order valence-corrected chi connectivity index (χ3v) is 6.97. The van der Waals surface area contributed by atoms with E-state index in [9.17, 15) is 18.4 Å². The average Bonchev–Trinajstić information content (AvgIpc) is 3.60. The number of alkyl halides is 1. The van der Waals surface area contributed by atoms with Gasteiger partial charge < -0.3 is 14.4 Å². The first-order valence-corrected chi connectivity index (χ1v) is 11.9. The monoisotopic (exact) mass is 451 g/mol. The van der Waals surface area contributed by atoms with Gasteiger partial charge in [-0.2, -0.15) is 0 Å². The SMILES string of the molecule is CC(C)(C)OC(=O)N1CCC([C@H]2C[C@H]2COCC2=CC(F)C(C(=O)C3CC3)C(F)=C2)CC1. The predicted molar refractivity (Wildman–Crippen MR) is 116 cm³/mol. The van der Waals surface area contributed by atoms with E-state index in [1.165, 1.54) is 12.2 Å². The van der Waals surface area contributed by atoms with Gasteiger partial charge in [0.05, 0.1) is 13.2 Å². The van der Waals surface area contributed by atoms with Gasteiger partial charge in [-0.1, -0.05) is 0 Å². The summed E-state index contributed by atoms with van der Waals surface area (Å²) in [6.07, 6.45) is 5.32. The molecule has 0 aromatic heterocycles. The Bertz CT molecular complexity index is 790. The first-order valence-electron chi connectivity index (χ1n) is 11.9. The van der Waals surface area contributed by atoms with E-state index in [1.54, 1.807) is 4.90 Å². The number of amides is 1. The van der Waals surface area contributed by atoms with Gasteiger partial charge in [0.15, 0.2) is 0 Å². The molecule has 0 N–H and O–H groups in total. The van der Waals surface area contributed by atoms with E-state index in [1.807, 2.05) is 20.8 Å². The van der Waals surface area contributed by atoms with Crippen molar-refractivity contribution < 1.29 is 27.8 Å². The zero-order valence-electron chi connectivity index (χ0n) is 19.3. The number of ketones is 1. The van der Waals surface area contributed by atoms with Gasteiger partial charge in [0.25, 0.3) is 0 Å². The Morgan fingerprint density at radius 1 is 1.16 bits per heavy atom. The van der Waals surface area contributed by atoms with Crippen molar-refractivity contribution >= 4 is 11.9 Å². The molecule has 1 amide bonds. The minimum Gasteiger partial charge on any atom is -0.444 e. The lowest BCUT2D eigenvalue weighted by Crippen LogP contribution is -2.42. The van der Waals surface area contributed by atoms with E-state index >= 15 is 0 Å². The van der Waals surface area contributed by atoms with Crippen molar-refractivity contribution in [2.75, 3.05) is 26.3 Å². The summed E-state index contributed by atoms with van der Waals surface area (Å²) in [7, 11) is 0. The number of hydrogen-bond acceptors (Lipinski definition) is 4. The highest BCUT2D eigenvalue weighted by Crippen LogP contribution is 2.48. The molecule has 4 rings (SSSR count). The second-order valence-electron chi connectivity index (χ2n) is 10.8. The van der Waals surface area contributed by atoms with Crippen molar-refractivity contribution in [3.63, 3.8) is 0 Å². The number of allylic oxidation sites excluding steroid dienone is 2. The fourth-order valence-corrected chi connectivity index (χ4v) is 4.98. The average molecular weight is 452 g/mol. The third-order valence-electron chi connectivity index (χ3n) is 6.97. The Balaban J connectivity index is 1.16. The van der Waals surface area contributed by atoms with Crippen LogP contribution in [0.4, 0.5) is 13.6 Å². The van der Waals surface area contributed by atoms with Gasteiger partial charge in [0.1, 0.15) is 29.3 Å². The Morgan fingerprint density at radius 3 is 2.44 bits per heavy atom. The fourth-order valence-electron chi connectivity index (χ4n) is 4.98. The number of ether oxygens (including phenoxy) is 2. The van der Waals surface area contributed by atoms with Crippen LogP contribution in [0.2, 0.25) is 0 Å². The minimum atomic E-state index is -1.60. The zero-order valence-corrected chi connectivity index (χ0v) is 19.3. The van der Waals surface area contributed by atoms with Gasteiger partial charge >= 0.3 is 6.09 Å². The number of nitrogens with zero attached hydrogens (tertiary/aromatic N) is 1. The van der Waals surface area contributed by atoms with E-state index < -0.39 is 23.5 Å². The summed E-state index contributed by atoms with van der Waals surface area (Å²) < 4.78 is 40.0. The molecule has 1 saturated heterocycles. The van der Waals surface area contributed by atoms with Gasteiger partial charge in [-0.05, 0) is 88.4 Å². The lowest BCUT2D eigenvalue weighted by Gasteiger charge is -2.33. The summed E-state index contributed by atoms with van der Waals surface area (Å²) in [6.45, 7) is 7.81. The first-order chi connectivity index (χ1) is 15.1. The van der Waals surface area contributed by atoms with Crippen LogP contribution in [0.3, 0.4) is 0 Å². The number of likely N-dealkylation sites (tertiary alicyclic amines) is 1. The molecule has 2 unspecified atom stereocenters. The molecule has 32 heavy (non-hydrogen) atoms. The number of rotatable bonds is 7. The molecule has 3 fully saturated rings. The second-order valence-corrected chi connectivity index (χ2v) is 10.8. The van der Waals surface area contributed by atoms with Crippen molar-refractivity contribution in [1.82, 2.24) is 4.90 Å². The van der Waals surface area contributed by atoms with E-state index in [4.69, 9.17) is 9.47 Å². The predicted octanol–water partition coefficient (Wildman–Crippen LogP) is 5.01. The molecule has 1 aliphatic heterocycles. The number of carbonyl (C=O) groups excluding carboxylic acids is 2. The number of piperidine rings is 1. The van der Waals surface area contributed by atoms with Crippen molar-refractivity contribution in [3.8, 4) is 0 Å². The van der Waals surface area contributed by atoms with Crippen LogP contribution in [0.5, 0.6) is 0 Å². The normalized spacial score (nSPS) is 31.1. The Labute approximate surface area is 189 Å². The molecular weight excluding hydrogens is 416 g/mol. The number of Topliss-reactive ketones (excluding diaryl/α,β-unsaturated/α-hetero) is 1. The van der Waals surface area contributed by atoms with Crippen molar-refractivity contribution in [2.45, 2.75) is 64.6 Å². The van der Waals surface area contributed by atoms with Crippen molar-refractivity contribution in [2.24, 2.45) is 29.6 Å². The van der Waals surface area contributed by atoms with Crippen LogP contribution in [-0.4, -0.2) is 54.9 Å². The van der Waals surface area contributed by atoms with E-state index in [2.05, 4.69) is 0 Å². The summed E-state index contributed by atoms with van der Waals surface area (Å²) in [5.41, 5.74) is -0.00751. The minimum absolute atomic E-state index is 0.161. The Kier molecular flexibility index (Phi) is 6.76. The maximum Gasteiger partial charge on any atom is 0.410 e. The smallest absolute Gasteiger partial charge is 0.410 e. The molecule has 178 valence electrons. The molecular formula is C25H35F2NO4. The zero-order chi connectivity index (χ0) is 23.0. The molecule has 0 bridgehead atoms. The van der Waals surface area contributed by atoms with Crippen LogP contribution >= 0.6 is 0 Å². The maximum atomic E-state index is 14.4. The standard InChI is InChI=1S/C25H35F2NO4/c1-25(2,3)32-24(30)28-8-6-16(7-9-28)19-12-18(19)14-31-13-15-10-20(26)22(21(27)11-15)23(29)17-4-5-17/h10-11,16-20,22H,4-9,12-14H2,1-3H3/t18-,19+,20?,22?/m0/s1. The van der Waals surface area contributed by atoms with Crippen LogP contribution in [0.1, 0.15) is 52.9 Å². The highest BCUT2D eigenvalue weighted by atomic mass is 19.1. The number of carbonyl (C=O) groups is 2. The third kappa shape index (κ3) is 5.77.